The van der Waals surface area contributed by atoms with E-state index in [-0.39, 0.29) is 0 Å². The maximum absolute atomic E-state index is 7.44. The third-order valence-electron chi connectivity index (χ3n) is 4.26. The van der Waals surface area contributed by atoms with E-state index in [1.165, 1.54) is 29.5 Å². The number of fused-ring (bicyclic) bond motifs is 3. The molecule has 0 bridgehead atoms. The van der Waals surface area contributed by atoms with Crippen molar-refractivity contribution in [2.75, 3.05) is 11.1 Å². The number of nitrogens with two attached hydrogens (primary N) is 1. The molecule has 0 aliphatic heterocycles. The molecule has 4 rings (SSSR count). The summed E-state index contributed by atoms with van der Waals surface area (Å²) in [4.78, 5) is 11.4. The molecular formula is C17H17N5S. The van der Waals surface area contributed by atoms with Crippen molar-refractivity contribution in [3.63, 3.8) is 0 Å². The van der Waals surface area contributed by atoms with Gasteiger partial charge in [-0.25, -0.2) is 9.97 Å². The second-order valence-corrected chi connectivity index (χ2v) is 6.81. The molecule has 23 heavy (non-hydrogen) atoms. The van der Waals surface area contributed by atoms with Crippen LogP contribution in [-0.4, -0.2) is 16.2 Å². The lowest BCUT2D eigenvalue weighted by molar-refractivity contribution is 0.700. The molecule has 0 unspecified atom stereocenters. The van der Waals surface area contributed by atoms with Gasteiger partial charge in [0.1, 0.15) is 17.0 Å². The molecule has 1 aromatic carbocycles. The first-order valence-corrected chi connectivity index (χ1v) is 8.50. The van der Waals surface area contributed by atoms with Crippen LogP contribution >= 0.6 is 11.3 Å². The fourth-order valence-corrected chi connectivity index (χ4v) is 4.33. The van der Waals surface area contributed by atoms with Gasteiger partial charge in [0, 0.05) is 28.0 Å². The van der Waals surface area contributed by atoms with Crippen molar-refractivity contribution in [1.29, 1.82) is 5.41 Å². The molecule has 0 saturated heterocycles. The summed E-state index contributed by atoms with van der Waals surface area (Å²) < 4.78 is 0. The molecule has 5 nitrogen and oxygen atoms in total. The van der Waals surface area contributed by atoms with Crippen LogP contribution in [0.1, 0.15) is 28.8 Å². The molecule has 1 aliphatic rings. The van der Waals surface area contributed by atoms with Crippen LogP contribution in [0.25, 0.3) is 10.2 Å². The summed E-state index contributed by atoms with van der Waals surface area (Å²) in [6, 6.07) is 5.59. The van der Waals surface area contributed by atoms with Crippen molar-refractivity contribution in [1.82, 2.24) is 9.97 Å². The highest BCUT2D eigenvalue weighted by atomic mass is 32.1. The van der Waals surface area contributed by atoms with E-state index in [0.717, 1.165) is 34.6 Å². The minimum Gasteiger partial charge on any atom is -0.398 e. The maximum Gasteiger partial charge on any atom is 0.142 e. The number of nitrogens with one attached hydrogen (secondary N) is 2. The van der Waals surface area contributed by atoms with Gasteiger partial charge in [-0.2, -0.15) is 0 Å². The second kappa shape index (κ2) is 5.62. The molecule has 0 fully saturated rings. The third kappa shape index (κ3) is 2.45. The molecule has 0 atom stereocenters. The Labute approximate surface area is 138 Å². The van der Waals surface area contributed by atoms with Crippen LogP contribution in [0.4, 0.5) is 17.2 Å². The number of aryl methyl sites for hydroxylation is 2. The Morgan fingerprint density at radius 1 is 1.22 bits per heavy atom. The van der Waals surface area contributed by atoms with Crippen molar-refractivity contribution in [2.24, 2.45) is 0 Å². The highest BCUT2D eigenvalue weighted by Crippen LogP contribution is 2.38. The fraction of sp³-hybridized carbons (Fsp3) is 0.235. The number of anilines is 3. The largest absolute Gasteiger partial charge is 0.398 e. The predicted molar refractivity (Wildman–Crippen MR) is 96.1 cm³/mol. The van der Waals surface area contributed by atoms with Crippen LogP contribution in [0.5, 0.6) is 0 Å². The van der Waals surface area contributed by atoms with Crippen molar-refractivity contribution < 1.29 is 0 Å². The van der Waals surface area contributed by atoms with Gasteiger partial charge in [0.25, 0.3) is 0 Å². The number of nitrogens with zero attached hydrogens (tertiary/aromatic N) is 2. The lowest BCUT2D eigenvalue weighted by Crippen LogP contribution is -2.01. The van der Waals surface area contributed by atoms with Crippen molar-refractivity contribution in [3.8, 4) is 0 Å². The second-order valence-electron chi connectivity index (χ2n) is 5.73. The number of rotatable bonds is 3. The van der Waals surface area contributed by atoms with E-state index >= 15 is 0 Å². The van der Waals surface area contributed by atoms with E-state index in [2.05, 4.69) is 15.3 Å². The number of hydrogen-bond donors (Lipinski definition) is 3. The highest BCUT2D eigenvalue weighted by molar-refractivity contribution is 7.19. The van der Waals surface area contributed by atoms with E-state index in [4.69, 9.17) is 11.1 Å². The lowest BCUT2D eigenvalue weighted by atomic mass is 9.97. The van der Waals surface area contributed by atoms with E-state index in [9.17, 15) is 0 Å². The standard InChI is InChI=1S/C17H17N5S/c18-8-10-7-11(5-6-13(10)19)22-16-15-12-3-1-2-4-14(12)23-17(15)21-9-20-16/h5-9,18H,1-4,19H2,(H,20,21,22). The summed E-state index contributed by atoms with van der Waals surface area (Å²) in [5.74, 6) is 0.843. The highest BCUT2D eigenvalue weighted by Gasteiger charge is 2.19. The molecule has 0 amide bonds. The van der Waals surface area contributed by atoms with Crippen LogP contribution < -0.4 is 11.1 Å². The van der Waals surface area contributed by atoms with Gasteiger partial charge in [0.2, 0.25) is 0 Å². The molecular weight excluding hydrogens is 306 g/mol. The number of hydrogen-bond acceptors (Lipinski definition) is 6. The summed E-state index contributed by atoms with van der Waals surface area (Å²) in [6.07, 6.45) is 7.62. The Bertz CT molecular complexity index is 899. The zero-order chi connectivity index (χ0) is 15.8. The summed E-state index contributed by atoms with van der Waals surface area (Å²) >= 11 is 1.79. The zero-order valence-electron chi connectivity index (χ0n) is 12.6. The van der Waals surface area contributed by atoms with Gasteiger partial charge in [-0.3, -0.25) is 0 Å². The third-order valence-corrected chi connectivity index (χ3v) is 5.46. The minimum atomic E-state index is 0.603. The van der Waals surface area contributed by atoms with Crippen LogP contribution in [0.2, 0.25) is 0 Å². The van der Waals surface area contributed by atoms with Gasteiger partial charge in [0.15, 0.2) is 0 Å². The van der Waals surface area contributed by atoms with Crippen molar-refractivity contribution in [2.45, 2.75) is 25.7 Å². The zero-order valence-corrected chi connectivity index (χ0v) is 13.4. The first-order valence-electron chi connectivity index (χ1n) is 7.68. The van der Waals surface area contributed by atoms with E-state index in [1.54, 1.807) is 17.7 Å². The summed E-state index contributed by atoms with van der Waals surface area (Å²) in [5, 5.41) is 12.0. The van der Waals surface area contributed by atoms with Gasteiger partial charge in [-0.05, 0) is 49.4 Å². The molecule has 1 aliphatic carbocycles. The average Bonchev–Trinajstić information content (AvgIpc) is 2.96. The smallest absolute Gasteiger partial charge is 0.142 e. The van der Waals surface area contributed by atoms with Crippen molar-refractivity contribution >= 4 is 45.0 Å². The fourth-order valence-electron chi connectivity index (χ4n) is 3.10. The Kier molecular flexibility index (Phi) is 3.46. The number of thiophene rings is 1. The quantitative estimate of drug-likeness (QED) is 0.504. The molecule has 0 spiro atoms. The first-order chi connectivity index (χ1) is 11.3. The van der Waals surface area contributed by atoms with Gasteiger partial charge >= 0.3 is 0 Å². The van der Waals surface area contributed by atoms with E-state index in [0.29, 0.717) is 11.3 Å². The van der Waals surface area contributed by atoms with Gasteiger partial charge in [-0.1, -0.05) is 0 Å². The summed E-state index contributed by atoms with van der Waals surface area (Å²) in [5.41, 5.74) is 9.45. The topological polar surface area (TPSA) is 87.7 Å². The molecule has 3 aromatic rings. The number of benzene rings is 1. The number of aromatic nitrogens is 2. The molecule has 2 aromatic heterocycles. The van der Waals surface area contributed by atoms with E-state index < -0.39 is 0 Å². The molecule has 2 heterocycles. The predicted octanol–water partition coefficient (Wildman–Crippen LogP) is 3.89. The summed E-state index contributed by atoms with van der Waals surface area (Å²) in [6.45, 7) is 0. The van der Waals surface area contributed by atoms with Crippen LogP contribution in [0.3, 0.4) is 0 Å². The Morgan fingerprint density at radius 2 is 2.09 bits per heavy atom. The van der Waals surface area contributed by atoms with E-state index in [1.807, 2.05) is 18.2 Å². The van der Waals surface area contributed by atoms with Gasteiger partial charge in [0.05, 0.1) is 5.39 Å². The van der Waals surface area contributed by atoms with Crippen LogP contribution in [0, 0.1) is 5.41 Å². The molecule has 6 heteroatoms. The van der Waals surface area contributed by atoms with Crippen molar-refractivity contribution in [3.05, 3.63) is 40.5 Å². The SMILES string of the molecule is N=Cc1cc(Nc2ncnc3sc4c(c23)CCCC4)ccc1N. The molecule has 116 valence electrons. The van der Waals surface area contributed by atoms with Crippen LogP contribution in [-0.2, 0) is 12.8 Å². The Balaban J connectivity index is 1.80. The van der Waals surface area contributed by atoms with Gasteiger partial charge in [-0.15, -0.1) is 11.3 Å². The summed E-state index contributed by atoms with van der Waals surface area (Å²) in [7, 11) is 0. The first kappa shape index (κ1) is 14.1. The minimum absolute atomic E-state index is 0.603. The monoisotopic (exact) mass is 323 g/mol. The molecule has 0 saturated carbocycles. The molecule has 0 radical (unpaired) electrons. The normalized spacial score (nSPS) is 13.7. The van der Waals surface area contributed by atoms with Gasteiger partial charge < -0.3 is 16.5 Å². The Hall–Kier alpha value is -2.47. The molecule has 4 N–H and O–H groups in total. The maximum atomic E-state index is 7.44. The lowest BCUT2D eigenvalue weighted by Gasteiger charge is -2.13. The number of nitrogen functional groups attached to an aromatic ring is 1. The van der Waals surface area contributed by atoms with Crippen LogP contribution in [0.15, 0.2) is 24.5 Å². The average molecular weight is 323 g/mol. The Morgan fingerprint density at radius 3 is 2.96 bits per heavy atom.